The van der Waals surface area contributed by atoms with Crippen LogP contribution in [0.1, 0.15) is 52.0 Å². The van der Waals surface area contributed by atoms with Crippen LogP contribution in [0.3, 0.4) is 0 Å². The van der Waals surface area contributed by atoms with E-state index in [2.05, 4.69) is 5.32 Å². The average molecular weight is 428 g/mol. The lowest BCUT2D eigenvalue weighted by atomic mass is 9.90. The zero-order chi connectivity index (χ0) is 22.3. The minimum absolute atomic E-state index is 0.0486. The molecule has 0 heterocycles. The van der Waals surface area contributed by atoms with Gasteiger partial charge in [0.2, 0.25) is 0 Å². The van der Waals surface area contributed by atoms with Gasteiger partial charge in [-0.2, -0.15) is 0 Å². The fraction of sp³-hybridized carbons (Fsp3) is 0.259. The van der Waals surface area contributed by atoms with Gasteiger partial charge in [-0.3, -0.25) is 9.59 Å². The number of rotatable bonds is 6. The highest BCUT2D eigenvalue weighted by Gasteiger charge is 2.28. The molecule has 0 radical (unpaired) electrons. The van der Waals surface area contributed by atoms with Gasteiger partial charge in [-0.05, 0) is 67.6 Å². The maximum absolute atomic E-state index is 13.3. The summed E-state index contributed by atoms with van der Waals surface area (Å²) in [5.41, 5.74) is 9.18. The van der Waals surface area contributed by atoms with E-state index in [4.69, 9.17) is 5.73 Å². The maximum atomic E-state index is 13.3. The van der Waals surface area contributed by atoms with Gasteiger partial charge in [0, 0.05) is 35.4 Å². The fourth-order valence-corrected chi connectivity index (χ4v) is 4.21. The van der Waals surface area contributed by atoms with Crippen LogP contribution in [0.2, 0.25) is 0 Å². The molecule has 5 nitrogen and oxygen atoms in total. The number of benzene rings is 3. The predicted octanol–water partition coefficient (Wildman–Crippen LogP) is 4.85. The summed E-state index contributed by atoms with van der Waals surface area (Å²) >= 11 is 0. The number of nitrogens with zero attached hydrogens (tertiary/aromatic N) is 1. The molecule has 0 unspecified atom stereocenters. The topological polar surface area (TPSA) is 75.4 Å². The van der Waals surface area contributed by atoms with Crippen LogP contribution in [0.15, 0.2) is 84.9 Å². The second kappa shape index (κ2) is 10.2. The van der Waals surface area contributed by atoms with Gasteiger partial charge < -0.3 is 16.0 Å². The molecule has 0 atom stereocenters. The highest BCUT2D eigenvalue weighted by atomic mass is 16.2. The summed E-state index contributed by atoms with van der Waals surface area (Å²) in [5, 5.41) is 2.92. The zero-order valence-electron chi connectivity index (χ0n) is 18.1. The minimum Gasteiger partial charge on any atom is -0.331 e. The minimum atomic E-state index is -0.141. The lowest BCUT2D eigenvalue weighted by Crippen LogP contribution is -2.43. The van der Waals surface area contributed by atoms with Gasteiger partial charge in [-0.15, -0.1) is 0 Å². The monoisotopic (exact) mass is 427 g/mol. The molecule has 5 heteroatoms. The average Bonchev–Trinajstić information content (AvgIpc) is 2.85. The highest BCUT2D eigenvalue weighted by Crippen LogP contribution is 2.26. The van der Waals surface area contributed by atoms with Crippen LogP contribution in [-0.2, 0) is 6.54 Å². The summed E-state index contributed by atoms with van der Waals surface area (Å²) in [4.78, 5) is 27.7. The first-order valence-electron chi connectivity index (χ1n) is 11.2. The Labute approximate surface area is 189 Å². The van der Waals surface area contributed by atoms with Crippen molar-refractivity contribution in [2.24, 2.45) is 5.73 Å². The summed E-state index contributed by atoms with van der Waals surface area (Å²) < 4.78 is 0. The Morgan fingerprint density at radius 3 is 1.94 bits per heavy atom. The lowest BCUT2D eigenvalue weighted by Gasteiger charge is -2.36. The Hall–Kier alpha value is -3.44. The molecular weight excluding hydrogens is 398 g/mol. The van der Waals surface area contributed by atoms with Crippen LogP contribution in [-0.4, -0.2) is 28.8 Å². The number of amides is 2. The Balaban J connectivity index is 1.48. The van der Waals surface area contributed by atoms with Crippen molar-refractivity contribution in [3.63, 3.8) is 0 Å². The number of carbonyl (C=O) groups excluding carboxylic acids is 2. The van der Waals surface area contributed by atoms with Crippen molar-refractivity contribution < 1.29 is 9.59 Å². The molecule has 1 saturated carbocycles. The molecule has 32 heavy (non-hydrogen) atoms. The van der Waals surface area contributed by atoms with Crippen molar-refractivity contribution >= 4 is 17.5 Å². The van der Waals surface area contributed by atoms with Crippen molar-refractivity contribution in [3.05, 3.63) is 102 Å². The quantitative estimate of drug-likeness (QED) is 0.590. The van der Waals surface area contributed by atoms with Crippen molar-refractivity contribution in [1.82, 2.24) is 4.90 Å². The smallest absolute Gasteiger partial charge is 0.255 e. The summed E-state index contributed by atoms with van der Waals surface area (Å²) in [6.45, 7) is 0.528. The summed E-state index contributed by atoms with van der Waals surface area (Å²) in [7, 11) is 0. The molecule has 1 aliphatic rings. The first-order valence-corrected chi connectivity index (χ1v) is 11.2. The molecule has 4 rings (SSSR count). The summed E-state index contributed by atoms with van der Waals surface area (Å²) in [6.07, 6.45) is 3.72. The second-order valence-electron chi connectivity index (χ2n) is 8.38. The van der Waals surface area contributed by atoms with E-state index in [0.717, 1.165) is 36.9 Å². The molecule has 0 aromatic heterocycles. The Bertz CT molecular complexity index is 1030. The molecular formula is C27H29N3O2. The molecule has 2 amide bonds. The van der Waals surface area contributed by atoms with Crippen LogP contribution in [0.5, 0.6) is 0 Å². The Morgan fingerprint density at radius 1 is 0.781 bits per heavy atom. The maximum Gasteiger partial charge on any atom is 0.255 e. The van der Waals surface area contributed by atoms with Crippen LogP contribution in [0.25, 0.3) is 0 Å². The van der Waals surface area contributed by atoms with Gasteiger partial charge in [-0.25, -0.2) is 0 Å². The normalized spacial score (nSPS) is 18.0. The van der Waals surface area contributed by atoms with Crippen LogP contribution in [0.4, 0.5) is 5.69 Å². The number of nitrogens with two attached hydrogens (primary N) is 1. The van der Waals surface area contributed by atoms with Crippen molar-refractivity contribution in [2.75, 3.05) is 5.32 Å². The molecule has 3 N–H and O–H groups in total. The van der Waals surface area contributed by atoms with Crippen molar-refractivity contribution in [2.45, 2.75) is 44.3 Å². The number of carbonyl (C=O) groups is 2. The molecule has 0 saturated heterocycles. The van der Waals surface area contributed by atoms with Crippen molar-refractivity contribution in [3.8, 4) is 0 Å². The van der Waals surface area contributed by atoms with E-state index < -0.39 is 0 Å². The van der Waals surface area contributed by atoms with Crippen molar-refractivity contribution in [1.29, 1.82) is 0 Å². The summed E-state index contributed by atoms with van der Waals surface area (Å²) in [6, 6.07) is 26.7. The molecule has 0 spiro atoms. The highest BCUT2D eigenvalue weighted by molar-refractivity contribution is 6.04. The first kappa shape index (κ1) is 21.8. The van der Waals surface area contributed by atoms with E-state index in [9.17, 15) is 9.59 Å². The van der Waals surface area contributed by atoms with E-state index in [1.165, 1.54) is 0 Å². The standard InChI is InChI=1S/C27H29N3O2/c28-23-13-17-25(18-14-23)30(27(32)22-9-5-2-6-10-22)19-20-11-15-24(16-12-20)29-26(31)21-7-3-1-4-8-21/h1-12,15-16,23,25H,13-14,17-19,28H2,(H,29,31). The van der Waals surface area contributed by atoms with Gasteiger partial charge >= 0.3 is 0 Å². The SMILES string of the molecule is NC1CCC(N(Cc2ccc(NC(=O)c3ccccc3)cc2)C(=O)c2ccccc2)CC1. The van der Waals surface area contributed by atoms with Gasteiger partial charge in [-0.1, -0.05) is 48.5 Å². The van der Waals surface area contributed by atoms with E-state index in [1.807, 2.05) is 77.7 Å². The van der Waals surface area contributed by atoms with Gasteiger partial charge in [0.05, 0.1) is 0 Å². The third kappa shape index (κ3) is 5.42. The Morgan fingerprint density at radius 2 is 1.34 bits per heavy atom. The second-order valence-corrected chi connectivity index (χ2v) is 8.38. The number of anilines is 1. The van der Waals surface area contributed by atoms with Crippen LogP contribution < -0.4 is 11.1 Å². The van der Waals surface area contributed by atoms with Crippen LogP contribution >= 0.6 is 0 Å². The summed E-state index contributed by atoms with van der Waals surface area (Å²) in [5.74, 6) is -0.0923. The predicted molar refractivity (Wildman–Crippen MR) is 127 cm³/mol. The third-order valence-corrected chi connectivity index (χ3v) is 6.06. The molecule has 0 bridgehead atoms. The zero-order valence-corrected chi connectivity index (χ0v) is 18.1. The molecule has 1 fully saturated rings. The first-order chi connectivity index (χ1) is 15.6. The third-order valence-electron chi connectivity index (χ3n) is 6.06. The van der Waals surface area contributed by atoms with E-state index in [-0.39, 0.29) is 23.9 Å². The Kier molecular flexibility index (Phi) is 6.97. The fourth-order valence-electron chi connectivity index (χ4n) is 4.21. The largest absolute Gasteiger partial charge is 0.331 e. The lowest BCUT2D eigenvalue weighted by molar-refractivity contribution is 0.0606. The van der Waals surface area contributed by atoms with E-state index in [1.54, 1.807) is 12.1 Å². The number of hydrogen-bond acceptors (Lipinski definition) is 3. The van der Waals surface area contributed by atoms with Gasteiger partial charge in [0.15, 0.2) is 0 Å². The molecule has 1 aliphatic carbocycles. The molecule has 3 aromatic rings. The number of nitrogens with one attached hydrogen (secondary N) is 1. The van der Waals surface area contributed by atoms with E-state index in [0.29, 0.717) is 17.7 Å². The number of hydrogen-bond donors (Lipinski definition) is 2. The molecule has 164 valence electrons. The molecule has 3 aromatic carbocycles. The van der Waals surface area contributed by atoms with Gasteiger partial charge in [0.25, 0.3) is 11.8 Å². The van der Waals surface area contributed by atoms with Crippen LogP contribution in [0, 0.1) is 0 Å². The molecule has 0 aliphatic heterocycles. The van der Waals surface area contributed by atoms with Gasteiger partial charge in [0.1, 0.15) is 0 Å². The van der Waals surface area contributed by atoms with E-state index >= 15 is 0 Å².